The summed E-state index contributed by atoms with van der Waals surface area (Å²) in [5.41, 5.74) is 3.50. The predicted molar refractivity (Wildman–Crippen MR) is 156 cm³/mol. The van der Waals surface area contributed by atoms with Crippen molar-refractivity contribution in [1.29, 1.82) is 0 Å². The molecule has 0 spiro atoms. The minimum absolute atomic E-state index is 0.0237. The Labute approximate surface area is 237 Å². The molecule has 0 radical (unpaired) electrons. The average Bonchev–Trinajstić information content (AvgIpc) is 2.98. The Hall–Kier alpha value is -3.93. The molecule has 3 aromatic carbocycles. The largest absolute Gasteiger partial charge is 0.351 e. The molecule has 0 bridgehead atoms. The molecule has 6 nitrogen and oxygen atoms in total. The van der Waals surface area contributed by atoms with Crippen LogP contribution in [0.25, 0.3) is 0 Å². The number of nitrogens with zero attached hydrogens (tertiary/aromatic N) is 1. The lowest BCUT2D eigenvalue weighted by atomic mass is 9.82. The molecule has 2 atom stereocenters. The summed E-state index contributed by atoms with van der Waals surface area (Å²) >= 11 is 0. The topological polar surface area (TPSA) is 78.5 Å². The summed E-state index contributed by atoms with van der Waals surface area (Å²) in [4.78, 5) is 42.1. The van der Waals surface area contributed by atoms with Gasteiger partial charge in [0.25, 0.3) is 11.8 Å². The van der Waals surface area contributed by atoms with E-state index in [1.165, 1.54) is 16.0 Å². The van der Waals surface area contributed by atoms with Gasteiger partial charge in [-0.25, -0.2) is 0 Å². The van der Waals surface area contributed by atoms with Crippen molar-refractivity contribution in [2.24, 2.45) is 5.92 Å². The van der Waals surface area contributed by atoms with E-state index < -0.39 is 18.0 Å². The molecule has 1 aliphatic carbocycles. The first kappa shape index (κ1) is 27.6. The number of rotatable bonds is 10. The second kappa shape index (κ2) is 13.4. The quantitative estimate of drug-likeness (QED) is 0.375. The van der Waals surface area contributed by atoms with E-state index in [-0.39, 0.29) is 17.9 Å². The van der Waals surface area contributed by atoms with Gasteiger partial charge in [-0.3, -0.25) is 14.4 Å². The number of amides is 3. The van der Waals surface area contributed by atoms with Gasteiger partial charge in [0, 0.05) is 19.0 Å². The van der Waals surface area contributed by atoms with Gasteiger partial charge < -0.3 is 15.5 Å². The molecule has 2 aliphatic rings. The first-order chi connectivity index (χ1) is 19.6. The predicted octanol–water partition coefficient (Wildman–Crippen LogP) is 4.48. The van der Waals surface area contributed by atoms with E-state index >= 15 is 0 Å². The third-order valence-electron chi connectivity index (χ3n) is 8.26. The van der Waals surface area contributed by atoms with Gasteiger partial charge in [-0.1, -0.05) is 91.0 Å². The second-order valence-electron chi connectivity index (χ2n) is 11.2. The van der Waals surface area contributed by atoms with Gasteiger partial charge in [0.2, 0.25) is 5.91 Å². The number of piperazine rings is 1. The zero-order valence-corrected chi connectivity index (χ0v) is 23.0. The molecular weight excluding hydrogens is 498 g/mol. The van der Waals surface area contributed by atoms with Crippen molar-refractivity contribution >= 4 is 17.7 Å². The first-order valence-corrected chi connectivity index (χ1v) is 14.6. The van der Waals surface area contributed by atoms with Crippen LogP contribution in [-0.2, 0) is 33.6 Å². The van der Waals surface area contributed by atoms with Gasteiger partial charge >= 0.3 is 0 Å². The van der Waals surface area contributed by atoms with E-state index in [1.807, 2.05) is 54.6 Å². The lowest BCUT2D eigenvalue weighted by molar-refractivity contribution is -0.154. The Morgan fingerprint density at radius 3 is 1.90 bits per heavy atom. The molecule has 2 unspecified atom stereocenters. The molecule has 6 heteroatoms. The fourth-order valence-corrected chi connectivity index (χ4v) is 6.11. The average molecular weight is 538 g/mol. The van der Waals surface area contributed by atoms with Gasteiger partial charge in [-0.05, 0) is 67.6 Å². The molecule has 2 fully saturated rings. The Morgan fingerprint density at radius 2 is 1.30 bits per heavy atom. The van der Waals surface area contributed by atoms with Crippen LogP contribution >= 0.6 is 0 Å². The summed E-state index contributed by atoms with van der Waals surface area (Å²) in [7, 11) is 0. The van der Waals surface area contributed by atoms with Crippen molar-refractivity contribution in [3.63, 3.8) is 0 Å². The van der Waals surface area contributed by atoms with Crippen molar-refractivity contribution in [3.8, 4) is 0 Å². The number of benzene rings is 3. The number of hydrogen-bond donors (Lipinski definition) is 2. The van der Waals surface area contributed by atoms with Crippen molar-refractivity contribution in [3.05, 3.63) is 108 Å². The van der Waals surface area contributed by atoms with Crippen molar-refractivity contribution in [2.75, 3.05) is 6.54 Å². The van der Waals surface area contributed by atoms with Crippen LogP contribution in [-0.4, -0.2) is 47.3 Å². The molecule has 3 amide bonds. The highest BCUT2D eigenvalue weighted by molar-refractivity contribution is 6.10. The maximum atomic E-state index is 13.7. The van der Waals surface area contributed by atoms with Crippen molar-refractivity contribution < 1.29 is 14.4 Å². The van der Waals surface area contributed by atoms with Crippen LogP contribution < -0.4 is 10.6 Å². The molecule has 208 valence electrons. The Kier molecular flexibility index (Phi) is 9.27. The van der Waals surface area contributed by atoms with Crippen LogP contribution in [0.1, 0.15) is 48.8 Å². The third kappa shape index (κ3) is 7.17. The number of hydrogen-bond acceptors (Lipinski definition) is 3. The Morgan fingerprint density at radius 1 is 0.750 bits per heavy atom. The van der Waals surface area contributed by atoms with Gasteiger partial charge in [0.15, 0.2) is 6.04 Å². The normalized spacial score (nSPS) is 22.9. The maximum absolute atomic E-state index is 13.7. The molecule has 3 aromatic rings. The van der Waals surface area contributed by atoms with E-state index in [4.69, 9.17) is 0 Å². The third-order valence-corrected chi connectivity index (χ3v) is 8.26. The molecule has 1 saturated carbocycles. The van der Waals surface area contributed by atoms with Crippen LogP contribution in [0.3, 0.4) is 0 Å². The van der Waals surface area contributed by atoms with Crippen LogP contribution in [0, 0.1) is 5.92 Å². The van der Waals surface area contributed by atoms with Crippen LogP contribution in [0.15, 0.2) is 91.0 Å². The summed E-state index contributed by atoms with van der Waals surface area (Å²) in [5.74, 6) is -0.350. The Balaban J connectivity index is 1.22. The molecule has 1 saturated heterocycles. The molecule has 1 heterocycles. The van der Waals surface area contributed by atoms with E-state index in [2.05, 4.69) is 47.0 Å². The smallest absolute Gasteiger partial charge is 0.253 e. The summed E-state index contributed by atoms with van der Waals surface area (Å²) in [5, 5.41) is 6.00. The minimum Gasteiger partial charge on any atom is -0.351 e. The van der Waals surface area contributed by atoms with Gasteiger partial charge in [0.05, 0.1) is 0 Å². The molecule has 2 N–H and O–H groups in total. The lowest BCUT2D eigenvalue weighted by Crippen LogP contribution is -2.68. The number of aryl methyl sites for hydroxylation is 1. The van der Waals surface area contributed by atoms with Gasteiger partial charge in [0.1, 0.15) is 6.04 Å². The zero-order valence-electron chi connectivity index (χ0n) is 23.0. The molecule has 1 aliphatic heterocycles. The second-order valence-corrected chi connectivity index (χ2v) is 11.2. The fourth-order valence-electron chi connectivity index (χ4n) is 6.11. The summed E-state index contributed by atoms with van der Waals surface area (Å²) in [6, 6.07) is 28.5. The Bertz CT molecular complexity index is 1260. The summed E-state index contributed by atoms with van der Waals surface area (Å²) < 4.78 is 0. The summed E-state index contributed by atoms with van der Waals surface area (Å²) in [6.07, 6.45) is 6.75. The van der Waals surface area contributed by atoms with Crippen LogP contribution in [0.5, 0.6) is 0 Å². The van der Waals surface area contributed by atoms with Gasteiger partial charge in [-0.15, -0.1) is 0 Å². The number of carbonyl (C=O) groups excluding carboxylic acids is 3. The number of nitrogens with one attached hydrogen (secondary N) is 2. The maximum Gasteiger partial charge on any atom is 0.253 e. The monoisotopic (exact) mass is 537 g/mol. The number of carbonyl (C=O) groups is 3. The minimum atomic E-state index is -1.14. The van der Waals surface area contributed by atoms with Crippen LogP contribution in [0.4, 0.5) is 0 Å². The standard InChI is InChI=1S/C34H39N3O3/c38-32(35-29-20-18-28(19-21-29)23-26-13-6-2-7-14-26)31-33(39)36-30(24-27-15-8-3-9-16-27)34(40)37(31)22-10-17-25-11-4-1-5-12-25/h1-9,11-16,28-31H,10,17-24H2,(H,35,38)(H,36,39). The zero-order chi connectivity index (χ0) is 27.7. The highest BCUT2D eigenvalue weighted by Gasteiger charge is 2.44. The van der Waals surface area contributed by atoms with E-state index in [0.29, 0.717) is 25.3 Å². The highest BCUT2D eigenvalue weighted by atomic mass is 16.2. The summed E-state index contributed by atoms with van der Waals surface area (Å²) in [6.45, 7) is 0.355. The SMILES string of the molecule is O=C(NC1CCC(Cc2ccccc2)CC1)C1C(=O)NC(Cc2ccccc2)C(=O)N1CCCc1ccccc1. The molecule has 40 heavy (non-hydrogen) atoms. The fraction of sp³-hybridized carbons (Fsp3) is 0.382. The molecule has 5 rings (SSSR count). The molecular formula is C34H39N3O3. The van der Waals surface area contributed by atoms with Crippen LogP contribution in [0.2, 0.25) is 0 Å². The lowest BCUT2D eigenvalue weighted by Gasteiger charge is -2.39. The van der Waals surface area contributed by atoms with Gasteiger partial charge in [-0.2, -0.15) is 0 Å². The molecule has 0 aromatic heterocycles. The highest BCUT2D eigenvalue weighted by Crippen LogP contribution is 2.28. The van der Waals surface area contributed by atoms with E-state index in [1.54, 1.807) is 0 Å². The van der Waals surface area contributed by atoms with Crippen molar-refractivity contribution in [1.82, 2.24) is 15.5 Å². The van der Waals surface area contributed by atoms with Crippen molar-refractivity contribution in [2.45, 2.75) is 69.5 Å². The first-order valence-electron chi connectivity index (χ1n) is 14.6. The van der Waals surface area contributed by atoms with E-state index in [9.17, 15) is 14.4 Å². The van der Waals surface area contributed by atoms with E-state index in [0.717, 1.165) is 44.1 Å².